The normalized spacial score (nSPS) is 11.4. The van der Waals surface area contributed by atoms with Crippen LogP contribution in [0.3, 0.4) is 0 Å². The number of amides is 3. The number of carbonyl (C=O) groups excluding carboxylic acids is 3. The first-order valence-electron chi connectivity index (χ1n) is 10.5. The Hall–Kier alpha value is -4.21. The SMILES string of the molecule is C[C@H](NN(C(=O)c1ccccc1)C(=O)c1ccc(CNC(=O)c2cccc(N)c2)cc1Cl)C(=O)O. The third-order valence-electron chi connectivity index (χ3n) is 4.99. The fourth-order valence-electron chi connectivity index (χ4n) is 3.09. The minimum Gasteiger partial charge on any atom is -0.480 e. The van der Waals surface area contributed by atoms with Gasteiger partial charge in [-0.25, -0.2) is 10.4 Å². The van der Waals surface area contributed by atoms with Crippen molar-refractivity contribution in [3.8, 4) is 0 Å². The van der Waals surface area contributed by atoms with Crippen molar-refractivity contribution >= 4 is 41.0 Å². The zero-order chi connectivity index (χ0) is 25.5. The van der Waals surface area contributed by atoms with E-state index in [0.717, 1.165) is 0 Å². The van der Waals surface area contributed by atoms with E-state index in [9.17, 15) is 24.3 Å². The van der Waals surface area contributed by atoms with Gasteiger partial charge in [-0.3, -0.25) is 19.2 Å². The van der Waals surface area contributed by atoms with E-state index in [4.69, 9.17) is 17.3 Å². The van der Waals surface area contributed by atoms with Crippen molar-refractivity contribution in [2.75, 3.05) is 5.73 Å². The lowest BCUT2D eigenvalue weighted by Crippen LogP contribution is -2.53. The van der Waals surface area contributed by atoms with E-state index in [0.29, 0.717) is 21.8 Å². The monoisotopic (exact) mass is 494 g/mol. The highest BCUT2D eigenvalue weighted by atomic mass is 35.5. The zero-order valence-corrected chi connectivity index (χ0v) is 19.5. The molecule has 0 aliphatic carbocycles. The molecule has 5 N–H and O–H groups in total. The number of halogens is 1. The molecule has 3 aromatic carbocycles. The van der Waals surface area contributed by atoms with Crippen LogP contribution in [0.5, 0.6) is 0 Å². The summed E-state index contributed by atoms with van der Waals surface area (Å²) < 4.78 is 0. The van der Waals surface area contributed by atoms with Gasteiger partial charge in [-0.1, -0.05) is 41.9 Å². The molecule has 0 aliphatic heterocycles. The molecule has 0 aliphatic rings. The maximum absolute atomic E-state index is 13.2. The summed E-state index contributed by atoms with van der Waals surface area (Å²) in [6, 6.07) is 17.7. The summed E-state index contributed by atoms with van der Waals surface area (Å²) in [5, 5.41) is 12.7. The molecule has 0 saturated heterocycles. The summed E-state index contributed by atoms with van der Waals surface area (Å²) in [5.74, 6) is -3.15. The summed E-state index contributed by atoms with van der Waals surface area (Å²) in [5.41, 5.74) is 9.76. The van der Waals surface area contributed by atoms with Gasteiger partial charge < -0.3 is 16.2 Å². The number of nitrogens with zero attached hydrogens (tertiary/aromatic N) is 1. The fourth-order valence-corrected chi connectivity index (χ4v) is 3.38. The van der Waals surface area contributed by atoms with E-state index in [1.165, 1.54) is 31.2 Å². The lowest BCUT2D eigenvalue weighted by Gasteiger charge is -2.24. The number of aliphatic carboxylic acids is 1. The molecule has 0 spiro atoms. The van der Waals surface area contributed by atoms with Crippen LogP contribution in [0.25, 0.3) is 0 Å². The Labute approximate surface area is 206 Å². The van der Waals surface area contributed by atoms with Gasteiger partial charge in [0.05, 0.1) is 10.6 Å². The number of hydrogen-bond donors (Lipinski definition) is 4. The van der Waals surface area contributed by atoms with Crippen molar-refractivity contribution in [1.29, 1.82) is 0 Å². The molecular formula is C25H23ClN4O5. The summed E-state index contributed by atoms with van der Waals surface area (Å²) in [6.45, 7) is 1.43. The van der Waals surface area contributed by atoms with Crippen molar-refractivity contribution in [3.05, 3.63) is 100 Å². The van der Waals surface area contributed by atoms with Gasteiger partial charge in [0.25, 0.3) is 17.7 Å². The minimum absolute atomic E-state index is 0.0213. The molecule has 0 fully saturated rings. The van der Waals surface area contributed by atoms with Crippen LogP contribution in [0.1, 0.15) is 43.6 Å². The maximum Gasteiger partial charge on any atom is 0.322 e. The molecule has 1 atom stereocenters. The predicted octanol–water partition coefficient (Wildman–Crippen LogP) is 3.11. The third-order valence-corrected chi connectivity index (χ3v) is 5.30. The van der Waals surface area contributed by atoms with E-state index in [2.05, 4.69) is 10.7 Å². The first-order valence-corrected chi connectivity index (χ1v) is 10.9. The second kappa shape index (κ2) is 11.3. The Morgan fingerprint density at radius 1 is 0.943 bits per heavy atom. The Kier molecular flexibility index (Phi) is 8.19. The summed E-state index contributed by atoms with van der Waals surface area (Å²) >= 11 is 6.34. The molecule has 3 rings (SSSR count). The van der Waals surface area contributed by atoms with Gasteiger partial charge in [0.2, 0.25) is 0 Å². The zero-order valence-electron chi connectivity index (χ0n) is 18.7. The Balaban J connectivity index is 1.79. The van der Waals surface area contributed by atoms with Crippen molar-refractivity contribution in [1.82, 2.24) is 15.8 Å². The number of carbonyl (C=O) groups is 4. The van der Waals surface area contributed by atoms with Gasteiger partial charge in [-0.05, 0) is 55.0 Å². The average Bonchev–Trinajstić information content (AvgIpc) is 2.85. The Morgan fingerprint density at radius 3 is 2.26 bits per heavy atom. The number of hydrogen-bond acceptors (Lipinski definition) is 6. The highest BCUT2D eigenvalue weighted by Crippen LogP contribution is 2.21. The smallest absolute Gasteiger partial charge is 0.322 e. The molecule has 3 amide bonds. The molecule has 0 saturated carbocycles. The van der Waals surface area contributed by atoms with Crippen LogP contribution >= 0.6 is 11.6 Å². The number of carboxylic acid groups (broad SMARTS) is 1. The highest BCUT2D eigenvalue weighted by molar-refractivity contribution is 6.34. The summed E-state index contributed by atoms with van der Waals surface area (Å²) in [7, 11) is 0. The van der Waals surface area contributed by atoms with Gasteiger partial charge in [-0.15, -0.1) is 0 Å². The number of imide groups is 1. The van der Waals surface area contributed by atoms with E-state index in [1.54, 1.807) is 48.5 Å². The number of nitrogens with one attached hydrogen (secondary N) is 2. The maximum atomic E-state index is 13.2. The second-order valence-corrected chi connectivity index (χ2v) is 8.03. The van der Waals surface area contributed by atoms with Crippen molar-refractivity contribution in [2.45, 2.75) is 19.5 Å². The average molecular weight is 495 g/mol. The Bertz CT molecular complexity index is 1270. The van der Waals surface area contributed by atoms with Crippen LogP contribution in [-0.4, -0.2) is 39.8 Å². The molecule has 0 heterocycles. The second-order valence-electron chi connectivity index (χ2n) is 7.62. The largest absolute Gasteiger partial charge is 0.480 e. The van der Waals surface area contributed by atoms with Crippen molar-refractivity contribution in [3.63, 3.8) is 0 Å². The van der Waals surface area contributed by atoms with Crippen LogP contribution < -0.4 is 16.5 Å². The van der Waals surface area contributed by atoms with Gasteiger partial charge in [-0.2, -0.15) is 0 Å². The van der Waals surface area contributed by atoms with E-state index in [1.807, 2.05) is 0 Å². The van der Waals surface area contributed by atoms with Crippen LogP contribution in [-0.2, 0) is 11.3 Å². The Morgan fingerprint density at radius 2 is 1.63 bits per heavy atom. The van der Waals surface area contributed by atoms with E-state index < -0.39 is 23.8 Å². The first kappa shape index (κ1) is 25.4. The lowest BCUT2D eigenvalue weighted by molar-refractivity contribution is -0.139. The molecule has 0 aromatic heterocycles. The number of benzene rings is 3. The topological polar surface area (TPSA) is 142 Å². The number of hydrazine groups is 1. The van der Waals surface area contributed by atoms with Crippen molar-refractivity contribution in [2.24, 2.45) is 0 Å². The number of nitrogens with two attached hydrogens (primary N) is 1. The fraction of sp³-hybridized carbons (Fsp3) is 0.120. The number of nitrogen functional groups attached to an aromatic ring is 1. The number of anilines is 1. The van der Waals surface area contributed by atoms with Gasteiger partial charge in [0, 0.05) is 23.4 Å². The minimum atomic E-state index is -1.25. The molecule has 35 heavy (non-hydrogen) atoms. The molecule has 3 aromatic rings. The number of rotatable bonds is 8. The van der Waals surface area contributed by atoms with Crippen LogP contribution in [0.4, 0.5) is 5.69 Å². The summed E-state index contributed by atoms with van der Waals surface area (Å²) in [6.07, 6.45) is 0. The van der Waals surface area contributed by atoms with Gasteiger partial charge in [0.15, 0.2) is 0 Å². The van der Waals surface area contributed by atoms with Gasteiger partial charge >= 0.3 is 5.97 Å². The quantitative estimate of drug-likeness (QED) is 0.214. The van der Waals surface area contributed by atoms with Crippen LogP contribution in [0, 0.1) is 0 Å². The first-order chi connectivity index (χ1) is 16.7. The number of carboxylic acids is 1. The van der Waals surface area contributed by atoms with Crippen LogP contribution in [0.2, 0.25) is 5.02 Å². The van der Waals surface area contributed by atoms with E-state index >= 15 is 0 Å². The lowest BCUT2D eigenvalue weighted by atomic mass is 10.1. The standard InChI is InChI=1S/C25H23ClN4O5/c1-15(25(34)35)29-30(23(32)17-6-3-2-4-7-17)24(33)20-11-10-16(12-21(20)26)14-28-22(31)18-8-5-9-19(27)13-18/h2-13,15,29H,14,27H2,1H3,(H,28,31)(H,34,35)/t15-/m0/s1. The van der Waals surface area contributed by atoms with Crippen molar-refractivity contribution < 1.29 is 24.3 Å². The van der Waals surface area contributed by atoms with Gasteiger partial charge in [0.1, 0.15) is 6.04 Å². The van der Waals surface area contributed by atoms with E-state index in [-0.39, 0.29) is 28.6 Å². The predicted molar refractivity (Wildman–Crippen MR) is 131 cm³/mol. The van der Waals surface area contributed by atoms with Crippen LogP contribution in [0.15, 0.2) is 72.8 Å². The molecule has 0 radical (unpaired) electrons. The molecule has 0 bridgehead atoms. The summed E-state index contributed by atoms with van der Waals surface area (Å²) in [4.78, 5) is 49.9. The highest BCUT2D eigenvalue weighted by Gasteiger charge is 2.29. The molecular weight excluding hydrogens is 472 g/mol. The molecule has 10 heteroatoms. The molecule has 180 valence electrons. The molecule has 0 unspecified atom stereocenters. The molecule has 9 nitrogen and oxygen atoms in total. The third kappa shape index (κ3) is 6.44.